The summed E-state index contributed by atoms with van der Waals surface area (Å²) in [6, 6.07) is 14.6. The average molecular weight is 306 g/mol. The first kappa shape index (κ1) is 15.2. The van der Waals surface area contributed by atoms with Crippen LogP contribution in [0.5, 0.6) is 5.75 Å². The van der Waals surface area contributed by atoms with Gasteiger partial charge in [-0.3, -0.25) is 4.79 Å². The molecule has 1 N–H and O–H groups in total. The van der Waals surface area contributed by atoms with Crippen molar-refractivity contribution in [3.05, 3.63) is 59.1 Å². The Labute approximate surface area is 128 Å². The van der Waals surface area contributed by atoms with Gasteiger partial charge in [-0.2, -0.15) is 0 Å². The van der Waals surface area contributed by atoms with E-state index in [-0.39, 0.29) is 19.1 Å². The number of anilines is 1. The predicted molar refractivity (Wildman–Crippen MR) is 82.7 cm³/mol. The third-order valence-corrected chi connectivity index (χ3v) is 3.03. The van der Waals surface area contributed by atoms with Crippen LogP contribution in [-0.2, 0) is 16.1 Å². The molecule has 2 aromatic rings. The lowest BCUT2D eigenvalue weighted by atomic mass is 10.2. The highest BCUT2D eigenvalue weighted by atomic mass is 35.5. The molecule has 0 bridgehead atoms. The Bertz CT molecular complexity index is 616. The zero-order chi connectivity index (χ0) is 15.1. The summed E-state index contributed by atoms with van der Waals surface area (Å²) in [5.41, 5.74) is 1.66. The van der Waals surface area contributed by atoms with E-state index in [9.17, 15) is 4.79 Å². The van der Waals surface area contributed by atoms with Crippen molar-refractivity contribution in [3.8, 4) is 5.75 Å². The van der Waals surface area contributed by atoms with Crippen molar-refractivity contribution in [2.45, 2.75) is 6.61 Å². The highest BCUT2D eigenvalue weighted by molar-refractivity contribution is 6.30. The minimum absolute atomic E-state index is 0.0876. The molecule has 21 heavy (non-hydrogen) atoms. The van der Waals surface area contributed by atoms with E-state index >= 15 is 0 Å². The van der Waals surface area contributed by atoms with Crippen LogP contribution in [0.25, 0.3) is 0 Å². The Kier molecular flexibility index (Phi) is 5.46. The summed E-state index contributed by atoms with van der Waals surface area (Å²) in [7, 11) is 1.60. The molecule has 2 aromatic carbocycles. The van der Waals surface area contributed by atoms with Gasteiger partial charge in [-0.1, -0.05) is 29.8 Å². The highest BCUT2D eigenvalue weighted by Crippen LogP contribution is 2.15. The molecular weight excluding hydrogens is 290 g/mol. The van der Waals surface area contributed by atoms with E-state index in [1.165, 1.54) is 0 Å². The summed E-state index contributed by atoms with van der Waals surface area (Å²) in [6.45, 7) is 0.303. The molecule has 0 aromatic heterocycles. The second kappa shape index (κ2) is 7.55. The van der Waals surface area contributed by atoms with Gasteiger partial charge in [0.05, 0.1) is 7.11 Å². The van der Waals surface area contributed by atoms with Crippen molar-refractivity contribution in [2.75, 3.05) is 19.0 Å². The molecule has 2 rings (SSSR count). The van der Waals surface area contributed by atoms with E-state index in [1.807, 2.05) is 36.4 Å². The van der Waals surface area contributed by atoms with E-state index in [0.717, 1.165) is 17.0 Å². The average Bonchev–Trinajstić information content (AvgIpc) is 2.51. The van der Waals surface area contributed by atoms with Crippen molar-refractivity contribution < 1.29 is 14.3 Å². The van der Waals surface area contributed by atoms with Gasteiger partial charge in [0.2, 0.25) is 0 Å². The minimum Gasteiger partial charge on any atom is -0.497 e. The number of esters is 1. The van der Waals surface area contributed by atoms with Crippen LogP contribution in [0.3, 0.4) is 0 Å². The van der Waals surface area contributed by atoms with Crippen LogP contribution in [0.4, 0.5) is 5.69 Å². The Hall–Kier alpha value is -2.20. The number of halogens is 1. The Balaban J connectivity index is 1.79. The maximum absolute atomic E-state index is 11.7. The summed E-state index contributed by atoms with van der Waals surface area (Å²) >= 11 is 5.86. The zero-order valence-electron chi connectivity index (χ0n) is 11.6. The molecule has 110 valence electrons. The molecule has 0 heterocycles. The maximum atomic E-state index is 11.7. The molecule has 0 spiro atoms. The number of benzene rings is 2. The van der Waals surface area contributed by atoms with E-state index in [4.69, 9.17) is 21.1 Å². The number of hydrogen-bond donors (Lipinski definition) is 1. The van der Waals surface area contributed by atoms with Gasteiger partial charge in [-0.15, -0.1) is 0 Å². The molecule has 0 saturated carbocycles. The second-order valence-corrected chi connectivity index (χ2v) is 4.81. The third-order valence-electron chi connectivity index (χ3n) is 2.80. The van der Waals surface area contributed by atoms with Crippen molar-refractivity contribution >= 4 is 23.3 Å². The molecule has 0 saturated heterocycles. The van der Waals surface area contributed by atoms with Crippen molar-refractivity contribution in [1.29, 1.82) is 0 Å². The number of hydrogen-bond acceptors (Lipinski definition) is 4. The molecule has 4 nitrogen and oxygen atoms in total. The van der Waals surface area contributed by atoms with Crippen molar-refractivity contribution in [2.24, 2.45) is 0 Å². The molecule has 5 heteroatoms. The van der Waals surface area contributed by atoms with Gasteiger partial charge in [0.15, 0.2) is 0 Å². The fraction of sp³-hybridized carbons (Fsp3) is 0.188. The lowest BCUT2D eigenvalue weighted by Crippen LogP contribution is -2.16. The minimum atomic E-state index is -0.335. The fourth-order valence-corrected chi connectivity index (χ4v) is 1.94. The summed E-state index contributed by atoms with van der Waals surface area (Å²) in [5, 5.41) is 3.58. The van der Waals surface area contributed by atoms with Crippen molar-refractivity contribution in [1.82, 2.24) is 0 Å². The zero-order valence-corrected chi connectivity index (χ0v) is 12.4. The van der Waals surface area contributed by atoms with E-state index in [1.54, 1.807) is 19.2 Å². The standard InChI is InChI=1S/C16H16ClNO3/c1-20-15-7-2-4-12(8-15)11-21-16(19)10-18-14-6-3-5-13(17)9-14/h2-9,18H,10-11H2,1H3. The number of carbonyl (C=O) groups excluding carboxylic acids is 1. The van der Waals surface area contributed by atoms with Gasteiger partial charge >= 0.3 is 5.97 Å². The number of nitrogens with one attached hydrogen (secondary N) is 1. The quantitative estimate of drug-likeness (QED) is 0.830. The van der Waals surface area contributed by atoms with Gasteiger partial charge in [0.1, 0.15) is 18.9 Å². The van der Waals surface area contributed by atoms with Gasteiger partial charge in [0, 0.05) is 10.7 Å². The number of ether oxygens (including phenoxy) is 2. The molecule has 0 amide bonds. The van der Waals surface area contributed by atoms with Crippen LogP contribution in [0.1, 0.15) is 5.56 Å². The van der Waals surface area contributed by atoms with Gasteiger partial charge < -0.3 is 14.8 Å². The van der Waals surface area contributed by atoms with Gasteiger partial charge in [0.25, 0.3) is 0 Å². The van der Waals surface area contributed by atoms with Gasteiger partial charge in [-0.05, 0) is 35.9 Å². The first-order chi connectivity index (χ1) is 10.2. The molecular formula is C16H16ClNO3. The normalized spacial score (nSPS) is 10.0. The first-order valence-electron chi connectivity index (χ1n) is 6.45. The van der Waals surface area contributed by atoms with Crippen LogP contribution in [0, 0.1) is 0 Å². The number of methoxy groups -OCH3 is 1. The Morgan fingerprint density at radius 1 is 1.19 bits per heavy atom. The lowest BCUT2D eigenvalue weighted by molar-refractivity contribution is -0.142. The van der Waals surface area contributed by atoms with Crippen LogP contribution in [-0.4, -0.2) is 19.6 Å². The molecule has 0 radical (unpaired) electrons. The molecule has 0 unspecified atom stereocenters. The van der Waals surface area contributed by atoms with Crippen molar-refractivity contribution in [3.63, 3.8) is 0 Å². The first-order valence-corrected chi connectivity index (χ1v) is 6.83. The van der Waals surface area contributed by atoms with E-state index < -0.39 is 0 Å². The van der Waals surface area contributed by atoms with E-state index in [2.05, 4.69) is 5.32 Å². The largest absolute Gasteiger partial charge is 0.497 e. The third kappa shape index (κ3) is 5.00. The molecule has 0 fully saturated rings. The van der Waals surface area contributed by atoms with Crippen LogP contribution >= 0.6 is 11.6 Å². The van der Waals surface area contributed by atoms with E-state index in [0.29, 0.717) is 5.02 Å². The highest BCUT2D eigenvalue weighted by Gasteiger charge is 2.04. The number of carbonyl (C=O) groups is 1. The topological polar surface area (TPSA) is 47.6 Å². The van der Waals surface area contributed by atoms with Crippen LogP contribution in [0.2, 0.25) is 5.02 Å². The Morgan fingerprint density at radius 3 is 2.76 bits per heavy atom. The molecule has 0 aliphatic rings. The van der Waals surface area contributed by atoms with Crippen LogP contribution in [0.15, 0.2) is 48.5 Å². The molecule has 0 atom stereocenters. The second-order valence-electron chi connectivity index (χ2n) is 4.38. The molecule has 0 aliphatic heterocycles. The lowest BCUT2D eigenvalue weighted by Gasteiger charge is -2.08. The smallest absolute Gasteiger partial charge is 0.325 e. The summed E-state index contributed by atoms with van der Waals surface area (Å²) in [5.74, 6) is 0.401. The van der Waals surface area contributed by atoms with Crippen LogP contribution < -0.4 is 10.1 Å². The monoisotopic (exact) mass is 305 g/mol. The Morgan fingerprint density at radius 2 is 2.00 bits per heavy atom. The summed E-state index contributed by atoms with van der Waals surface area (Å²) in [6.07, 6.45) is 0. The summed E-state index contributed by atoms with van der Waals surface area (Å²) < 4.78 is 10.3. The van der Waals surface area contributed by atoms with Gasteiger partial charge in [-0.25, -0.2) is 0 Å². The molecule has 0 aliphatic carbocycles. The SMILES string of the molecule is COc1cccc(COC(=O)CNc2cccc(Cl)c2)c1. The summed E-state index contributed by atoms with van der Waals surface area (Å²) in [4.78, 5) is 11.7. The predicted octanol–water partition coefficient (Wildman–Crippen LogP) is 3.50. The fourth-order valence-electron chi connectivity index (χ4n) is 1.75. The number of rotatable bonds is 6. The maximum Gasteiger partial charge on any atom is 0.325 e.